The molecule has 0 aromatic heterocycles. The first-order chi connectivity index (χ1) is 9.38. The second kappa shape index (κ2) is 6.50. The van der Waals surface area contributed by atoms with E-state index in [1.807, 2.05) is 0 Å². The number of rotatable bonds is 4. The standard InChI is InChI=1S/C12H14BrCl2NO3S/c13-8-12(3-5-19-6-4-12)16-20(17,18)9-1-2-10(14)11(15)7-9/h1-2,7,16H,3-6,8H2. The van der Waals surface area contributed by atoms with Crippen molar-refractivity contribution < 1.29 is 13.2 Å². The summed E-state index contributed by atoms with van der Waals surface area (Å²) in [6.45, 7) is 1.07. The van der Waals surface area contributed by atoms with Gasteiger partial charge < -0.3 is 4.74 Å². The van der Waals surface area contributed by atoms with Crippen LogP contribution in [0.2, 0.25) is 10.0 Å². The van der Waals surface area contributed by atoms with E-state index in [9.17, 15) is 8.42 Å². The maximum absolute atomic E-state index is 12.5. The van der Waals surface area contributed by atoms with E-state index in [1.54, 1.807) is 0 Å². The van der Waals surface area contributed by atoms with Gasteiger partial charge in [-0.25, -0.2) is 13.1 Å². The highest BCUT2D eigenvalue weighted by Gasteiger charge is 2.36. The first-order valence-corrected chi connectivity index (χ1v) is 9.37. The lowest BCUT2D eigenvalue weighted by molar-refractivity contribution is 0.0557. The molecule has 1 aromatic rings. The van der Waals surface area contributed by atoms with Crippen LogP contribution in [-0.4, -0.2) is 32.5 Å². The van der Waals surface area contributed by atoms with E-state index >= 15 is 0 Å². The summed E-state index contributed by atoms with van der Waals surface area (Å²) in [6, 6.07) is 4.27. The predicted octanol–water partition coefficient (Wildman–Crippen LogP) is 3.22. The molecular formula is C12H14BrCl2NO3S. The average Bonchev–Trinajstić information content (AvgIpc) is 2.42. The highest BCUT2D eigenvalue weighted by atomic mass is 79.9. The van der Waals surface area contributed by atoms with Gasteiger partial charge in [-0.05, 0) is 31.0 Å². The fourth-order valence-corrected chi connectivity index (χ4v) is 4.75. The molecule has 20 heavy (non-hydrogen) atoms. The molecule has 0 aliphatic carbocycles. The van der Waals surface area contributed by atoms with Crippen LogP contribution in [0.15, 0.2) is 23.1 Å². The number of halogens is 3. The maximum atomic E-state index is 12.5. The molecule has 8 heteroatoms. The molecule has 1 aromatic carbocycles. The van der Waals surface area contributed by atoms with Crippen LogP contribution in [0.3, 0.4) is 0 Å². The Morgan fingerprint density at radius 2 is 1.90 bits per heavy atom. The Morgan fingerprint density at radius 3 is 2.45 bits per heavy atom. The molecule has 1 aliphatic heterocycles. The van der Waals surface area contributed by atoms with Crippen LogP contribution in [0.25, 0.3) is 0 Å². The molecule has 1 fully saturated rings. The van der Waals surface area contributed by atoms with E-state index in [-0.39, 0.29) is 9.92 Å². The number of alkyl halides is 1. The van der Waals surface area contributed by atoms with Crippen molar-refractivity contribution in [1.29, 1.82) is 0 Å². The zero-order chi connectivity index (χ0) is 14.8. The second-order valence-corrected chi connectivity index (χ2v) is 7.77. The lowest BCUT2D eigenvalue weighted by Gasteiger charge is -2.36. The van der Waals surface area contributed by atoms with Crippen LogP contribution < -0.4 is 4.72 Å². The minimum atomic E-state index is -3.65. The zero-order valence-corrected chi connectivity index (χ0v) is 14.4. The van der Waals surface area contributed by atoms with E-state index in [1.165, 1.54) is 18.2 Å². The Kier molecular flexibility index (Phi) is 5.37. The Balaban J connectivity index is 2.27. The summed E-state index contributed by atoms with van der Waals surface area (Å²) in [4.78, 5) is 0.110. The van der Waals surface area contributed by atoms with Crippen LogP contribution in [0.5, 0.6) is 0 Å². The molecule has 0 unspecified atom stereocenters. The van der Waals surface area contributed by atoms with E-state index in [0.29, 0.717) is 36.4 Å². The largest absolute Gasteiger partial charge is 0.381 e. The molecule has 0 amide bonds. The van der Waals surface area contributed by atoms with E-state index in [0.717, 1.165) is 0 Å². The molecule has 4 nitrogen and oxygen atoms in total. The van der Waals surface area contributed by atoms with Gasteiger partial charge in [0.25, 0.3) is 0 Å². The molecule has 1 heterocycles. The molecule has 1 aliphatic rings. The van der Waals surface area contributed by atoms with Crippen molar-refractivity contribution in [2.75, 3.05) is 18.5 Å². The predicted molar refractivity (Wildman–Crippen MR) is 83.4 cm³/mol. The molecule has 0 bridgehead atoms. The normalized spacial score (nSPS) is 18.9. The Bertz CT molecular complexity index is 588. The van der Waals surface area contributed by atoms with Gasteiger partial charge in [-0.15, -0.1) is 0 Å². The van der Waals surface area contributed by atoms with Gasteiger partial charge in [0.15, 0.2) is 0 Å². The van der Waals surface area contributed by atoms with Crippen molar-refractivity contribution in [2.24, 2.45) is 0 Å². The van der Waals surface area contributed by atoms with Gasteiger partial charge in [-0.1, -0.05) is 39.1 Å². The molecule has 0 spiro atoms. The molecule has 2 rings (SSSR count). The highest BCUT2D eigenvalue weighted by Crippen LogP contribution is 2.28. The Labute approximate surface area is 137 Å². The third-order valence-corrected chi connectivity index (χ3v) is 6.65. The molecule has 0 radical (unpaired) electrons. The first-order valence-electron chi connectivity index (χ1n) is 6.01. The first kappa shape index (κ1) is 16.5. The summed E-state index contributed by atoms with van der Waals surface area (Å²) in [7, 11) is -3.65. The third kappa shape index (κ3) is 3.67. The summed E-state index contributed by atoms with van der Waals surface area (Å²) in [6.07, 6.45) is 1.25. The number of hydrogen-bond acceptors (Lipinski definition) is 3. The average molecular weight is 403 g/mol. The minimum Gasteiger partial charge on any atom is -0.381 e. The smallest absolute Gasteiger partial charge is 0.241 e. The van der Waals surface area contributed by atoms with Gasteiger partial charge >= 0.3 is 0 Å². The van der Waals surface area contributed by atoms with Crippen molar-refractivity contribution in [3.05, 3.63) is 28.2 Å². The Morgan fingerprint density at radius 1 is 1.25 bits per heavy atom. The number of benzene rings is 1. The summed E-state index contributed by atoms with van der Waals surface area (Å²) >= 11 is 15.1. The third-order valence-electron chi connectivity index (χ3n) is 3.26. The minimum absolute atomic E-state index is 0.110. The zero-order valence-electron chi connectivity index (χ0n) is 10.5. The van der Waals surface area contributed by atoms with Crippen molar-refractivity contribution in [3.63, 3.8) is 0 Å². The topological polar surface area (TPSA) is 55.4 Å². The van der Waals surface area contributed by atoms with E-state index in [4.69, 9.17) is 27.9 Å². The van der Waals surface area contributed by atoms with Crippen LogP contribution >= 0.6 is 39.1 Å². The van der Waals surface area contributed by atoms with Gasteiger partial charge in [-0.3, -0.25) is 0 Å². The monoisotopic (exact) mass is 401 g/mol. The molecule has 0 atom stereocenters. The number of nitrogens with one attached hydrogen (secondary N) is 1. The Hall–Kier alpha value is 0.150. The van der Waals surface area contributed by atoms with Crippen molar-refractivity contribution in [2.45, 2.75) is 23.3 Å². The number of hydrogen-bond donors (Lipinski definition) is 1. The van der Waals surface area contributed by atoms with Gasteiger partial charge in [-0.2, -0.15) is 0 Å². The number of sulfonamides is 1. The molecule has 1 saturated heterocycles. The fourth-order valence-electron chi connectivity index (χ4n) is 2.01. The van der Waals surface area contributed by atoms with Gasteiger partial charge in [0.05, 0.1) is 14.9 Å². The quantitative estimate of drug-likeness (QED) is 0.786. The van der Waals surface area contributed by atoms with E-state index in [2.05, 4.69) is 20.7 Å². The lowest BCUT2D eigenvalue weighted by Crippen LogP contribution is -2.53. The van der Waals surface area contributed by atoms with Crippen LogP contribution in [0.1, 0.15) is 12.8 Å². The van der Waals surface area contributed by atoms with Crippen molar-refractivity contribution >= 4 is 49.2 Å². The number of ether oxygens (including phenoxy) is 1. The van der Waals surface area contributed by atoms with Crippen molar-refractivity contribution in [3.8, 4) is 0 Å². The van der Waals surface area contributed by atoms with Crippen molar-refractivity contribution in [1.82, 2.24) is 4.72 Å². The van der Waals surface area contributed by atoms with Gasteiger partial charge in [0.2, 0.25) is 10.0 Å². The SMILES string of the molecule is O=S(=O)(NC1(CBr)CCOCC1)c1ccc(Cl)c(Cl)c1. The molecule has 0 saturated carbocycles. The van der Waals surface area contributed by atoms with Gasteiger partial charge in [0.1, 0.15) is 0 Å². The summed E-state index contributed by atoms with van der Waals surface area (Å²) in [5, 5.41) is 1.07. The second-order valence-electron chi connectivity index (χ2n) is 4.71. The van der Waals surface area contributed by atoms with E-state index < -0.39 is 15.6 Å². The van der Waals surface area contributed by atoms with Crippen LogP contribution in [0.4, 0.5) is 0 Å². The molecular weight excluding hydrogens is 389 g/mol. The maximum Gasteiger partial charge on any atom is 0.241 e. The summed E-state index contributed by atoms with van der Waals surface area (Å²) < 4.78 is 33.0. The molecule has 112 valence electrons. The van der Waals surface area contributed by atoms with Crippen LogP contribution in [-0.2, 0) is 14.8 Å². The van der Waals surface area contributed by atoms with Crippen LogP contribution in [0, 0.1) is 0 Å². The van der Waals surface area contributed by atoms with Gasteiger partial charge in [0, 0.05) is 24.1 Å². The highest BCUT2D eigenvalue weighted by molar-refractivity contribution is 9.09. The lowest BCUT2D eigenvalue weighted by atomic mass is 9.94. The summed E-state index contributed by atoms with van der Waals surface area (Å²) in [5.41, 5.74) is -0.525. The fraction of sp³-hybridized carbons (Fsp3) is 0.500. The molecule has 1 N–H and O–H groups in total. The summed E-state index contributed by atoms with van der Waals surface area (Å²) in [5.74, 6) is 0.